The Morgan fingerprint density at radius 2 is 1.44 bits per heavy atom. The Kier molecular flexibility index (Phi) is 4.70. The molecule has 126 valence electrons. The Morgan fingerprint density at radius 3 is 2.00 bits per heavy atom. The number of benzene rings is 3. The maximum atomic E-state index is 11.7. The average molecular weight is 334 g/mol. The van der Waals surface area contributed by atoms with Gasteiger partial charge in [-0.2, -0.15) is 0 Å². The highest BCUT2D eigenvalue weighted by molar-refractivity contribution is 5.90. The molecule has 2 N–H and O–H groups in total. The van der Waals surface area contributed by atoms with E-state index in [1.807, 2.05) is 48.5 Å². The number of carbonyl (C=O) groups is 1. The fourth-order valence-corrected chi connectivity index (χ4v) is 2.96. The monoisotopic (exact) mass is 334 g/mol. The van der Waals surface area contributed by atoms with Gasteiger partial charge in [0, 0.05) is 5.92 Å². The first-order chi connectivity index (χ1) is 12.1. The molecule has 25 heavy (non-hydrogen) atoms. The van der Waals surface area contributed by atoms with Crippen molar-refractivity contribution in [3.05, 3.63) is 95.1 Å². The SMILES string of the molecule is COc1ccc([C@H](c2ccc(O)cc2)c2ccccc2C(=O)O)cc1. The number of hydrogen-bond acceptors (Lipinski definition) is 3. The Balaban J connectivity index is 2.18. The lowest BCUT2D eigenvalue weighted by atomic mass is 9.83. The van der Waals surface area contributed by atoms with Gasteiger partial charge in [-0.25, -0.2) is 4.79 Å². The summed E-state index contributed by atoms with van der Waals surface area (Å²) in [5.74, 6) is -0.324. The van der Waals surface area contributed by atoms with Crippen molar-refractivity contribution in [1.82, 2.24) is 0 Å². The molecule has 0 heterocycles. The third-order valence-corrected chi connectivity index (χ3v) is 4.18. The molecule has 0 spiro atoms. The predicted octanol–water partition coefficient (Wildman–Crippen LogP) is 4.28. The van der Waals surface area contributed by atoms with E-state index in [1.165, 1.54) is 0 Å². The summed E-state index contributed by atoms with van der Waals surface area (Å²) in [6.07, 6.45) is 0. The van der Waals surface area contributed by atoms with Crippen LogP contribution < -0.4 is 4.74 Å². The summed E-state index contributed by atoms with van der Waals surface area (Å²) in [7, 11) is 1.60. The van der Waals surface area contributed by atoms with Gasteiger partial charge in [-0.05, 0) is 47.0 Å². The minimum Gasteiger partial charge on any atom is -0.508 e. The van der Waals surface area contributed by atoms with E-state index in [0.29, 0.717) is 5.56 Å². The second-order valence-corrected chi connectivity index (χ2v) is 5.69. The van der Waals surface area contributed by atoms with Crippen LogP contribution >= 0.6 is 0 Å². The van der Waals surface area contributed by atoms with Crippen molar-refractivity contribution < 1.29 is 19.7 Å². The van der Waals surface area contributed by atoms with E-state index in [1.54, 1.807) is 31.4 Å². The van der Waals surface area contributed by atoms with Crippen LogP contribution in [-0.4, -0.2) is 23.3 Å². The minimum atomic E-state index is -0.965. The molecule has 4 heteroatoms. The predicted molar refractivity (Wildman–Crippen MR) is 95.4 cm³/mol. The van der Waals surface area contributed by atoms with E-state index < -0.39 is 5.97 Å². The second kappa shape index (κ2) is 7.09. The minimum absolute atomic E-state index is 0.170. The van der Waals surface area contributed by atoms with Crippen LogP contribution in [0.25, 0.3) is 0 Å². The molecule has 0 aliphatic rings. The van der Waals surface area contributed by atoms with Gasteiger partial charge in [0.1, 0.15) is 11.5 Å². The summed E-state index contributed by atoms with van der Waals surface area (Å²) < 4.78 is 5.21. The van der Waals surface area contributed by atoms with E-state index in [0.717, 1.165) is 16.9 Å². The molecule has 0 unspecified atom stereocenters. The molecule has 3 aromatic rings. The van der Waals surface area contributed by atoms with Crippen LogP contribution in [0.3, 0.4) is 0 Å². The molecule has 0 saturated heterocycles. The molecule has 0 aliphatic heterocycles. The van der Waals surface area contributed by atoms with Crippen LogP contribution in [0.15, 0.2) is 72.8 Å². The largest absolute Gasteiger partial charge is 0.508 e. The van der Waals surface area contributed by atoms with Crippen molar-refractivity contribution in [3.8, 4) is 11.5 Å². The maximum Gasteiger partial charge on any atom is 0.335 e. The number of phenolic OH excluding ortho intramolecular Hbond substituents is 1. The molecule has 0 radical (unpaired) electrons. The number of rotatable bonds is 5. The number of carboxylic acid groups (broad SMARTS) is 1. The zero-order valence-corrected chi connectivity index (χ0v) is 13.7. The van der Waals surface area contributed by atoms with Crippen molar-refractivity contribution in [2.24, 2.45) is 0 Å². The lowest BCUT2D eigenvalue weighted by Crippen LogP contribution is -2.10. The van der Waals surface area contributed by atoms with Gasteiger partial charge in [-0.3, -0.25) is 0 Å². The quantitative estimate of drug-likeness (QED) is 0.684. The zero-order chi connectivity index (χ0) is 17.8. The molecule has 0 saturated carbocycles. The van der Waals surface area contributed by atoms with Crippen LogP contribution in [0.2, 0.25) is 0 Å². The molecule has 0 aromatic heterocycles. The summed E-state index contributed by atoms with van der Waals surface area (Å²) in [6, 6.07) is 21.4. The van der Waals surface area contributed by atoms with Crippen LogP contribution in [0.1, 0.15) is 33.0 Å². The summed E-state index contributed by atoms with van der Waals surface area (Å²) in [4.78, 5) is 11.7. The molecule has 0 bridgehead atoms. The van der Waals surface area contributed by atoms with E-state index in [4.69, 9.17) is 4.74 Å². The Morgan fingerprint density at radius 1 is 0.880 bits per heavy atom. The number of methoxy groups -OCH3 is 1. The molecule has 4 nitrogen and oxygen atoms in total. The number of phenols is 1. The van der Waals surface area contributed by atoms with Gasteiger partial charge in [0.2, 0.25) is 0 Å². The second-order valence-electron chi connectivity index (χ2n) is 5.69. The number of aromatic hydroxyl groups is 1. The van der Waals surface area contributed by atoms with Crippen molar-refractivity contribution >= 4 is 5.97 Å². The molecule has 0 amide bonds. The number of ether oxygens (including phenoxy) is 1. The van der Waals surface area contributed by atoms with Crippen molar-refractivity contribution in [1.29, 1.82) is 0 Å². The summed E-state index contributed by atoms with van der Waals surface area (Å²) in [5, 5.41) is 19.2. The molecule has 0 fully saturated rings. The molecular weight excluding hydrogens is 316 g/mol. The average Bonchev–Trinajstić information content (AvgIpc) is 2.64. The Labute approximate surface area is 146 Å². The summed E-state index contributed by atoms with van der Waals surface area (Å²) >= 11 is 0. The first kappa shape index (κ1) is 16.6. The van der Waals surface area contributed by atoms with Crippen molar-refractivity contribution in [2.45, 2.75) is 5.92 Å². The fraction of sp³-hybridized carbons (Fsp3) is 0.0952. The Hall–Kier alpha value is -3.27. The van der Waals surface area contributed by atoms with Crippen molar-refractivity contribution in [2.75, 3.05) is 7.11 Å². The van der Waals surface area contributed by atoms with Gasteiger partial charge in [0.15, 0.2) is 0 Å². The third-order valence-electron chi connectivity index (χ3n) is 4.18. The summed E-state index contributed by atoms with van der Waals surface area (Å²) in [5.41, 5.74) is 2.80. The normalized spacial score (nSPS) is 11.7. The van der Waals surface area contributed by atoms with E-state index in [-0.39, 0.29) is 17.2 Å². The van der Waals surface area contributed by atoms with Gasteiger partial charge in [-0.15, -0.1) is 0 Å². The lowest BCUT2D eigenvalue weighted by Gasteiger charge is -2.21. The van der Waals surface area contributed by atoms with Gasteiger partial charge >= 0.3 is 5.97 Å². The lowest BCUT2D eigenvalue weighted by molar-refractivity contribution is 0.0695. The first-order valence-corrected chi connectivity index (χ1v) is 7.85. The number of hydrogen-bond donors (Lipinski definition) is 2. The number of aromatic carboxylic acids is 1. The highest BCUT2D eigenvalue weighted by atomic mass is 16.5. The summed E-state index contributed by atoms with van der Waals surface area (Å²) in [6.45, 7) is 0. The highest BCUT2D eigenvalue weighted by Crippen LogP contribution is 2.35. The molecular formula is C21H18O4. The zero-order valence-electron chi connectivity index (χ0n) is 13.7. The van der Waals surface area contributed by atoms with Gasteiger partial charge < -0.3 is 14.9 Å². The van der Waals surface area contributed by atoms with E-state index in [2.05, 4.69) is 0 Å². The van der Waals surface area contributed by atoms with E-state index >= 15 is 0 Å². The first-order valence-electron chi connectivity index (χ1n) is 7.85. The van der Waals surface area contributed by atoms with Crippen LogP contribution in [-0.2, 0) is 0 Å². The smallest absolute Gasteiger partial charge is 0.335 e. The number of carboxylic acids is 1. The van der Waals surface area contributed by atoms with Crippen molar-refractivity contribution in [3.63, 3.8) is 0 Å². The molecule has 3 aromatic carbocycles. The van der Waals surface area contributed by atoms with Gasteiger partial charge in [0.05, 0.1) is 12.7 Å². The molecule has 1 atom stereocenters. The molecule has 3 rings (SSSR count). The molecule has 0 aliphatic carbocycles. The van der Waals surface area contributed by atoms with Crippen LogP contribution in [0.5, 0.6) is 11.5 Å². The topological polar surface area (TPSA) is 66.8 Å². The Bertz CT molecular complexity index is 867. The third kappa shape index (κ3) is 3.48. The van der Waals surface area contributed by atoms with Gasteiger partial charge in [0.25, 0.3) is 0 Å². The highest BCUT2D eigenvalue weighted by Gasteiger charge is 2.22. The maximum absolute atomic E-state index is 11.7. The van der Waals surface area contributed by atoms with Crippen LogP contribution in [0, 0.1) is 0 Å². The standard InChI is InChI=1S/C21H18O4/c1-25-17-12-8-15(9-13-17)20(14-6-10-16(22)11-7-14)18-4-2-3-5-19(18)21(23)24/h2-13,20,22H,1H3,(H,23,24)/t20-/m0/s1. The van der Waals surface area contributed by atoms with Crippen LogP contribution in [0.4, 0.5) is 0 Å². The van der Waals surface area contributed by atoms with Gasteiger partial charge in [-0.1, -0.05) is 42.5 Å². The van der Waals surface area contributed by atoms with E-state index in [9.17, 15) is 15.0 Å². The fourth-order valence-electron chi connectivity index (χ4n) is 2.96.